The van der Waals surface area contributed by atoms with Crippen LogP contribution in [0.2, 0.25) is 0 Å². The normalized spacial score (nSPS) is 12.4. The molecule has 0 radical (unpaired) electrons. The lowest BCUT2D eigenvalue weighted by Crippen LogP contribution is -2.03. The van der Waals surface area contributed by atoms with Crippen molar-refractivity contribution in [1.29, 1.82) is 0 Å². The van der Waals surface area contributed by atoms with E-state index in [1.807, 2.05) is 38.1 Å². The van der Waals surface area contributed by atoms with Crippen molar-refractivity contribution in [3.05, 3.63) is 65.2 Å². The predicted octanol–water partition coefficient (Wildman–Crippen LogP) is 3.50. The van der Waals surface area contributed by atoms with E-state index >= 15 is 0 Å². The van der Waals surface area contributed by atoms with Gasteiger partial charge in [-0.25, -0.2) is 0 Å². The highest BCUT2D eigenvalue weighted by Gasteiger charge is 2.13. The summed E-state index contributed by atoms with van der Waals surface area (Å²) < 4.78 is 28.3. The SMILES string of the molecule is C/C(=N/S(=O)(=O)c1ccc(C)cc1)c1ccc(C)cc1. The lowest BCUT2D eigenvalue weighted by atomic mass is 10.1. The Labute approximate surface area is 120 Å². The van der Waals surface area contributed by atoms with Gasteiger partial charge in [-0.05, 0) is 38.5 Å². The molecule has 0 spiro atoms. The van der Waals surface area contributed by atoms with Gasteiger partial charge in [0.15, 0.2) is 0 Å². The van der Waals surface area contributed by atoms with Crippen molar-refractivity contribution in [2.45, 2.75) is 25.7 Å². The van der Waals surface area contributed by atoms with E-state index < -0.39 is 10.0 Å². The van der Waals surface area contributed by atoms with Gasteiger partial charge >= 0.3 is 0 Å². The fourth-order valence-corrected chi connectivity index (χ4v) is 2.84. The Morgan fingerprint density at radius 2 is 1.30 bits per heavy atom. The van der Waals surface area contributed by atoms with Crippen LogP contribution in [0.15, 0.2) is 57.8 Å². The van der Waals surface area contributed by atoms with Crippen molar-refractivity contribution in [2.75, 3.05) is 0 Å². The zero-order valence-electron chi connectivity index (χ0n) is 11.8. The molecule has 0 bridgehead atoms. The summed E-state index contributed by atoms with van der Waals surface area (Å²) in [6.45, 7) is 5.60. The van der Waals surface area contributed by atoms with E-state index in [1.165, 1.54) is 0 Å². The van der Waals surface area contributed by atoms with Gasteiger partial charge in [0.1, 0.15) is 0 Å². The molecule has 2 aromatic rings. The maximum Gasteiger partial charge on any atom is 0.282 e. The second-order valence-corrected chi connectivity index (χ2v) is 6.43. The van der Waals surface area contributed by atoms with Crippen LogP contribution in [0, 0.1) is 13.8 Å². The zero-order chi connectivity index (χ0) is 14.8. The molecular formula is C16H17NO2S. The third kappa shape index (κ3) is 3.33. The fourth-order valence-electron chi connectivity index (χ4n) is 1.79. The first kappa shape index (κ1) is 14.5. The van der Waals surface area contributed by atoms with Crippen molar-refractivity contribution in [3.8, 4) is 0 Å². The summed E-state index contributed by atoms with van der Waals surface area (Å²) >= 11 is 0. The largest absolute Gasteiger partial charge is 0.282 e. The molecule has 0 saturated heterocycles. The van der Waals surface area contributed by atoms with Gasteiger partial charge in [0.05, 0.1) is 10.6 Å². The Hall–Kier alpha value is -1.94. The van der Waals surface area contributed by atoms with Crippen LogP contribution in [-0.4, -0.2) is 14.1 Å². The van der Waals surface area contributed by atoms with Crippen LogP contribution in [0.25, 0.3) is 0 Å². The number of aryl methyl sites for hydroxylation is 2. The van der Waals surface area contributed by atoms with E-state index in [1.54, 1.807) is 31.2 Å². The molecule has 0 aromatic heterocycles. The number of rotatable bonds is 3. The fraction of sp³-hybridized carbons (Fsp3) is 0.188. The molecule has 104 valence electrons. The summed E-state index contributed by atoms with van der Waals surface area (Å²) in [7, 11) is -3.65. The Morgan fingerprint density at radius 1 is 0.850 bits per heavy atom. The van der Waals surface area contributed by atoms with Crippen LogP contribution in [0.3, 0.4) is 0 Å². The topological polar surface area (TPSA) is 46.5 Å². The molecule has 2 aromatic carbocycles. The zero-order valence-corrected chi connectivity index (χ0v) is 12.6. The second kappa shape index (κ2) is 5.59. The van der Waals surface area contributed by atoms with Crippen LogP contribution in [0.4, 0.5) is 0 Å². The number of nitrogens with zero attached hydrogens (tertiary/aromatic N) is 1. The highest BCUT2D eigenvalue weighted by atomic mass is 32.2. The predicted molar refractivity (Wildman–Crippen MR) is 81.8 cm³/mol. The first-order valence-electron chi connectivity index (χ1n) is 6.34. The van der Waals surface area contributed by atoms with E-state index in [4.69, 9.17) is 0 Å². The Balaban J connectivity index is 2.37. The van der Waals surface area contributed by atoms with Gasteiger partial charge in [0, 0.05) is 0 Å². The van der Waals surface area contributed by atoms with Gasteiger partial charge < -0.3 is 0 Å². The van der Waals surface area contributed by atoms with Crippen LogP contribution >= 0.6 is 0 Å². The summed E-state index contributed by atoms with van der Waals surface area (Å²) in [5.74, 6) is 0. The lowest BCUT2D eigenvalue weighted by molar-refractivity contribution is 0.598. The smallest absolute Gasteiger partial charge is 0.199 e. The molecule has 3 nitrogen and oxygen atoms in total. The highest BCUT2D eigenvalue weighted by molar-refractivity contribution is 7.90. The lowest BCUT2D eigenvalue weighted by Gasteiger charge is -2.03. The molecule has 0 saturated carbocycles. The average Bonchev–Trinajstić information content (AvgIpc) is 2.39. The number of benzene rings is 2. The molecule has 20 heavy (non-hydrogen) atoms. The third-order valence-electron chi connectivity index (χ3n) is 3.05. The molecule has 0 aliphatic rings. The maximum absolute atomic E-state index is 12.2. The first-order chi connectivity index (χ1) is 9.38. The van der Waals surface area contributed by atoms with E-state index in [0.717, 1.165) is 16.7 Å². The quantitative estimate of drug-likeness (QED) is 0.811. The summed E-state index contributed by atoms with van der Waals surface area (Å²) in [6, 6.07) is 14.3. The van der Waals surface area contributed by atoms with Crippen molar-refractivity contribution < 1.29 is 8.42 Å². The molecule has 2 rings (SSSR count). The maximum atomic E-state index is 12.2. The van der Waals surface area contributed by atoms with Gasteiger partial charge in [0.2, 0.25) is 0 Å². The van der Waals surface area contributed by atoms with Crippen molar-refractivity contribution in [2.24, 2.45) is 4.40 Å². The summed E-state index contributed by atoms with van der Waals surface area (Å²) in [4.78, 5) is 0.217. The Bertz CT molecular complexity index is 727. The molecule has 0 heterocycles. The Kier molecular flexibility index (Phi) is 4.04. The molecule has 0 atom stereocenters. The molecule has 0 aliphatic heterocycles. The van der Waals surface area contributed by atoms with Gasteiger partial charge in [-0.1, -0.05) is 47.5 Å². The number of hydrogen-bond acceptors (Lipinski definition) is 2. The molecule has 0 aliphatic carbocycles. The van der Waals surface area contributed by atoms with Gasteiger partial charge in [-0.3, -0.25) is 0 Å². The Morgan fingerprint density at radius 3 is 1.80 bits per heavy atom. The number of hydrogen-bond donors (Lipinski definition) is 0. The minimum Gasteiger partial charge on any atom is -0.199 e. The second-order valence-electron chi connectivity index (χ2n) is 4.83. The molecule has 4 heteroatoms. The van der Waals surface area contributed by atoms with E-state index in [2.05, 4.69) is 4.40 Å². The summed E-state index contributed by atoms with van der Waals surface area (Å²) in [5.41, 5.74) is 3.45. The molecule has 0 N–H and O–H groups in total. The average molecular weight is 287 g/mol. The third-order valence-corrected chi connectivity index (χ3v) is 4.43. The van der Waals surface area contributed by atoms with E-state index in [9.17, 15) is 8.42 Å². The van der Waals surface area contributed by atoms with Crippen LogP contribution in [0.5, 0.6) is 0 Å². The highest BCUT2D eigenvalue weighted by Crippen LogP contribution is 2.15. The van der Waals surface area contributed by atoms with Gasteiger partial charge in [-0.2, -0.15) is 12.8 Å². The van der Waals surface area contributed by atoms with E-state index in [-0.39, 0.29) is 4.90 Å². The first-order valence-corrected chi connectivity index (χ1v) is 7.78. The molecule has 0 fully saturated rings. The molecule has 0 amide bonds. The van der Waals surface area contributed by atoms with Gasteiger partial charge in [-0.15, -0.1) is 0 Å². The van der Waals surface area contributed by atoms with Gasteiger partial charge in [0.25, 0.3) is 10.0 Å². The van der Waals surface area contributed by atoms with Crippen LogP contribution < -0.4 is 0 Å². The molecule has 0 unspecified atom stereocenters. The standard InChI is InChI=1S/C16H17NO2S/c1-12-4-8-15(9-5-12)14(3)17-20(18,19)16-10-6-13(2)7-11-16/h4-11H,1-3H3/b17-14-. The van der Waals surface area contributed by atoms with Crippen molar-refractivity contribution in [3.63, 3.8) is 0 Å². The summed E-state index contributed by atoms with van der Waals surface area (Å²) in [6.07, 6.45) is 0. The van der Waals surface area contributed by atoms with Crippen molar-refractivity contribution >= 4 is 15.7 Å². The minimum atomic E-state index is -3.65. The van der Waals surface area contributed by atoms with Crippen LogP contribution in [0.1, 0.15) is 23.6 Å². The number of sulfonamides is 1. The van der Waals surface area contributed by atoms with Crippen molar-refractivity contribution in [1.82, 2.24) is 0 Å². The van der Waals surface area contributed by atoms with Crippen LogP contribution in [-0.2, 0) is 10.0 Å². The summed E-state index contributed by atoms with van der Waals surface area (Å²) in [5, 5.41) is 0. The van der Waals surface area contributed by atoms with E-state index in [0.29, 0.717) is 5.71 Å². The monoisotopic (exact) mass is 287 g/mol. The minimum absolute atomic E-state index is 0.217. The molecular weight excluding hydrogens is 270 g/mol.